The summed E-state index contributed by atoms with van der Waals surface area (Å²) >= 11 is 0. The summed E-state index contributed by atoms with van der Waals surface area (Å²) in [6, 6.07) is 6.53. The first-order valence-corrected chi connectivity index (χ1v) is 8.32. The SMILES string of the molecule is CCC(=O)Nc1cccc(C(=O)NC2(C(=O)O)CCC(C)CC2)c1. The van der Waals surface area contributed by atoms with Crippen molar-refractivity contribution in [3.8, 4) is 0 Å². The van der Waals surface area contributed by atoms with Crippen molar-refractivity contribution >= 4 is 23.5 Å². The van der Waals surface area contributed by atoms with Crippen LogP contribution in [-0.2, 0) is 9.59 Å². The van der Waals surface area contributed by atoms with Crippen LogP contribution in [0.1, 0.15) is 56.3 Å². The Hall–Kier alpha value is -2.37. The van der Waals surface area contributed by atoms with Gasteiger partial charge in [-0.15, -0.1) is 0 Å². The zero-order chi connectivity index (χ0) is 17.7. The highest BCUT2D eigenvalue weighted by Crippen LogP contribution is 2.32. The monoisotopic (exact) mass is 332 g/mol. The van der Waals surface area contributed by atoms with Gasteiger partial charge in [-0.05, 0) is 49.8 Å². The molecule has 0 unspecified atom stereocenters. The number of rotatable bonds is 5. The van der Waals surface area contributed by atoms with Crippen LogP contribution in [0.2, 0.25) is 0 Å². The normalized spacial score (nSPS) is 23.3. The van der Waals surface area contributed by atoms with Crippen LogP contribution < -0.4 is 10.6 Å². The molecule has 0 spiro atoms. The number of carboxylic acid groups (broad SMARTS) is 1. The second-order valence-corrected chi connectivity index (χ2v) is 6.51. The minimum absolute atomic E-state index is 0.143. The zero-order valence-electron chi connectivity index (χ0n) is 14.1. The minimum atomic E-state index is -1.20. The van der Waals surface area contributed by atoms with Crippen LogP contribution in [-0.4, -0.2) is 28.4 Å². The summed E-state index contributed by atoms with van der Waals surface area (Å²) in [5.41, 5.74) is -0.342. The van der Waals surface area contributed by atoms with E-state index in [1.807, 2.05) is 0 Å². The van der Waals surface area contributed by atoms with Gasteiger partial charge in [0.25, 0.3) is 5.91 Å². The summed E-state index contributed by atoms with van der Waals surface area (Å²) in [7, 11) is 0. The van der Waals surface area contributed by atoms with Gasteiger partial charge in [-0.3, -0.25) is 9.59 Å². The number of hydrogen-bond acceptors (Lipinski definition) is 3. The first kappa shape index (κ1) is 18.0. The molecule has 1 aromatic carbocycles. The molecule has 130 valence electrons. The van der Waals surface area contributed by atoms with Crippen LogP contribution in [0.4, 0.5) is 5.69 Å². The summed E-state index contributed by atoms with van der Waals surface area (Å²) in [6.07, 6.45) is 2.76. The highest BCUT2D eigenvalue weighted by Gasteiger charge is 2.42. The van der Waals surface area contributed by atoms with E-state index in [1.165, 1.54) is 0 Å². The van der Waals surface area contributed by atoms with Gasteiger partial charge in [0.15, 0.2) is 0 Å². The zero-order valence-corrected chi connectivity index (χ0v) is 14.1. The summed E-state index contributed by atoms with van der Waals surface area (Å²) in [5, 5.41) is 15.0. The van der Waals surface area contributed by atoms with Gasteiger partial charge >= 0.3 is 5.97 Å². The molecule has 6 heteroatoms. The molecule has 0 aliphatic heterocycles. The molecule has 1 fully saturated rings. The van der Waals surface area contributed by atoms with E-state index < -0.39 is 17.4 Å². The van der Waals surface area contributed by atoms with E-state index in [4.69, 9.17) is 0 Å². The van der Waals surface area contributed by atoms with Gasteiger partial charge in [0.05, 0.1) is 0 Å². The van der Waals surface area contributed by atoms with Crippen LogP contribution in [0.15, 0.2) is 24.3 Å². The van der Waals surface area contributed by atoms with E-state index in [0.717, 1.165) is 12.8 Å². The molecule has 1 saturated carbocycles. The van der Waals surface area contributed by atoms with Crippen molar-refractivity contribution in [2.24, 2.45) is 5.92 Å². The molecule has 0 saturated heterocycles. The molecule has 0 aromatic heterocycles. The fourth-order valence-electron chi connectivity index (χ4n) is 2.92. The van der Waals surface area contributed by atoms with Crippen molar-refractivity contribution in [3.05, 3.63) is 29.8 Å². The largest absolute Gasteiger partial charge is 0.480 e. The van der Waals surface area contributed by atoms with Crippen molar-refractivity contribution in [1.82, 2.24) is 5.32 Å². The lowest BCUT2D eigenvalue weighted by Crippen LogP contribution is -2.56. The number of aliphatic carboxylic acids is 1. The summed E-state index contributed by atoms with van der Waals surface area (Å²) in [6.45, 7) is 3.83. The number of anilines is 1. The Bertz CT molecular complexity index is 634. The predicted octanol–water partition coefficient (Wildman–Crippen LogP) is 2.80. The second kappa shape index (κ2) is 7.47. The van der Waals surface area contributed by atoms with Crippen molar-refractivity contribution in [2.75, 3.05) is 5.32 Å². The number of amides is 2. The Morgan fingerprint density at radius 3 is 2.50 bits per heavy atom. The Morgan fingerprint density at radius 2 is 1.92 bits per heavy atom. The molecule has 1 aliphatic rings. The van der Waals surface area contributed by atoms with Crippen molar-refractivity contribution in [2.45, 2.75) is 51.5 Å². The van der Waals surface area contributed by atoms with Crippen LogP contribution in [0.5, 0.6) is 0 Å². The van der Waals surface area contributed by atoms with Crippen LogP contribution in [0.3, 0.4) is 0 Å². The Labute approximate surface area is 141 Å². The van der Waals surface area contributed by atoms with Gasteiger partial charge in [0, 0.05) is 17.7 Å². The highest BCUT2D eigenvalue weighted by atomic mass is 16.4. The van der Waals surface area contributed by atoms with E-state index in [-0.39, 0.29) is 5.91 Å². The summed E-state index contributed by atoms with van der Waals surface area (Å²) < 4.78 is 0. The van der Waals surface area contributed by atoms with Gasteiger partial charge in [-0.1, -0.05) is 19.9 Å². The summed E-state index contributed by atoms with van der Waals surface area (Å²) in [4.78, 5) is 35.7. The van der Waals surface area contributed by atoms with Crippen molar-refractivity contribution in [3.63, 3.8) is 0 Å². The van der Waals surface area contributed by atoms with E-state index in [9.17, 15) is 19.5 Å². The fraction of sp³-hybridized carbons (Fsp3) is 0.500. The Balaban J connectivity index is 2.14. The maximum atomic E-state index is 12.5. The Kier molecular flexibility index (Phi) is 5.59. The molecule has 24 heavy (non-hydrogen) atoms. The van der Waals surface area contributed by atoms with Gasteiger partial charge in [0.1, 0.15) is 5.54 Å². The Morgan fingerprint density at radius 1 is 1.25 bits per heavy atom. The third-order valence-electron chi connectivity index (χ3n) is 4.62. The number of carbonyl (C=O) groups is 3. The van der Waals surface area contributed by atoms with Gasteiger partial charge < -0.3 is 15.7 Å². The molecule has 0 bridgehead atoms. The molecular formula is C18H24N2O4. The second-order valence-electron chi connectivity index (χ2n) is 6.51. The van der Waals surface area contributed by atoms with Crippen LogP contribution in [0, 0.1) is 5.92 Å². The predicted molar refractivity (Wildman–Crippen MR) is 90.8 cm³/mol. The van der Waals surface area contributed by atoms with Gasteiger partial charge in [0.2, 0.25) is 5.91 Å². The maximum absolute atomic E-state index is 12.5. The first-order chi connectivity index (χ1) is 11.4. The third kappa shape index (κ3) is 4.13. The molecule has 1 aliphatic carbocycles. The molecule has 2 amide bonds. The maximum Gasteiger partial charge on any atom is 0.329 e. The van der Waals surface area contributed by atoms with Gasteiger partial charge in [-0.2, -0.15) is 0 Å². The van der Waals surface area contributed by atoms with Crippen molar-refractivity contribution < 1.29 is 19.5 Å². The van der Waals surface area contributed by atoms with Crippen molar-refractivity contribution in [1.29, 1.82) is 0 Å². The fourth-order valence-corrected chi connectivity index (χ4v) is 2.92. The quantitative estimate of drug-likeness (QED) is 0.772. The summed E-state index contributed by atoms with van der Waals surface area (Å²) in [5.74, 6) is -1.09. The number of carboxylic acids is 1. The average molecular weight is 332 g/mol. The molecule has 0 radical (unpaired) electrons. The van der Waals surface area contributed by atoms with Gasteiger partial charge in [-0.25, -0.2) is 4.79 Å². The lowest BCUT2D eigenvalue weighted by atomic mass is 9.77. The highest BCUT2D eigenvalue weighted by molar-refractivity contribution is 5.99. The van der Waals surface area contributed by atoms with E-state index in [0.29, 0.717) is 36.4 Å². The van der Waals surface area contributed by atoms with Crippen LogP contribution >= 0.6 is 0 Å². The number of nitrogens with one attached hydrogen (secondary N) is 2. The van der Waals surface area contributed by atoms with E-state index in [2.05, 4.69) is 17.6 Å². The molecule has 0 heterocycles. The topological polar surface area (TPSA) is 95.5 Å². The third-order valence-corrected chi connectivity index (χ3v) is 4.62. The number of benzene rings is 1. The average Bonchev–Trinajstić information content (AvgIpc) is 2.57. The lowest BCUT2D eigenvalue weighted by molar-refractivity contribution is -0.146. The van der Waals surface area contributed by atoms with E-state index in [1.54, 1.807) is 31.2 Å². The molecule has 0 atom stereocenters. The lowest BCUT2D eigenvalue weighted by Gasteiger charge is -2.36. The van der Waals surface area contributed by atoms with E-state index >= 15 is 0 Å². The molecule has 6 nitrogen and oxygen atoms in total. The molecule has 2 rings (SSSR count). The molecular weight excluding hydrogens is 308 g/mol. The molecule has 1 aromatic rings. The number of hydrogen-bond donors (Lipinski definition) is 3. The molecule has 3 N–H and O–H groups in total. The van der Waals surface area contributed by atoms with Crippen LogP contribution in [0.25, 0.3) is 0 Å². The standard InChI is InChI=1S/C18H24N2O4/c1-3-15(21)19-14-6-4-5-13(11-14)16(22)20-18(17(23)24)9-7-12(2)8-10-18/h4-6,11-12H,3,7-10H2,1-2H3,(H,19,21)(H,20,22)(H,23,24). The smallest absolute Gasteiger partial charge is 0.329 e. The minimum Gasteiger partial charge on any atom is -0.480 e. The first-order valence-electron chi connectivity index (χ1n) is 8.32. The number of carbonyl (C=O) groups excluding carboxylic acids is 2.